The molecule has 1 aromatic heterocycles. The summed E-state index contributed by atoms with van der Waals surface area (Å²) in [7, 11) is 0. The molecule has 1 atom stereocenters. The number of hydrogen-bond acceptors (Lipinski definition) is 2. The van der Waals surface area contributed by atoms with Crippen molar-refractivity contribution in [2.75, 3.05) is 6.54 Å². The van der Waals surface area contributed by atoms with E-state index in [0.29, 0.717) is 6.04 Å². The second-order valence-electron chi connectivity index (χ2n) is 5.20. The zero-order chi connectivity index (χ0) is 14.5. The van der Waals surface area contributed by atoms with Crippen LogP contribution in [0.1, 0.15) is 53.9 Å². The quantitative estimate of drug-likeness (QED) is 0.798. The molecule has 0 radical (unpaired) electrons. The summed E-state index contributed by atoms with van der Waals surface area (Å²) in [6, 6.07) is 9.53. The molecule has 0 aliphatic rings. The molecule has 2 heteroatoms. The molecule has 1 unspecified atom stereocenters. The topological polar surface area (TPSA) is 12.0 Å². The Morgan fingerprint density at radius 3 is 2.45 bits per heavy atom. The number of thiophene rings is 1. The van der Waals surface area contributed by atoms with Gasteiger partial charge in [0, 0.05) is 4.88 Å². The average molecular weight is 287 g/mol. The van der Waals surface area contributed by atoms with Crippen molar-refractivity contribution in [2.24, 2.45) is 0 Å². The molecule has 0 saturated heterocycles. The Morgan fingerprint density at radius 2 is 1.90 bits per heavy atom. The minimum Gasteiger partial charge on any atom is -0.306 e. The van der Waals surface area contributed by atoms with Crippen molar-refractivity contribution in [3.63, 3.8) is 0 Å². The lowest BCUT2D eigenvalue weighted by Crippen LogP contribution is -2.23. The Bertz CT molecular complexity index is 556. The van der Waals surface area contributed by atoms with E-state index in [1.807, 2.05) is 11.3 Å². The first-order valence-electron chi connectivity index (χ1n) is 7.60. The first-order chi connectivity index (χ1) is 9.71. The molecular formula is C18H25NS. The molecule has 2 aromatic rings. The third-order valence-electron chi connectivity index (χ3n) is 3.88. The van der Waals surface area contributed by atoms with Gasteiger partial charge in [0.25, 0.3) is 0 Å². The van der Waals surface area contributed by atoms with E-state index in [1.54, 1.807) is 0 Å². The molecule has 1 N–H and O–H groups in total. The highest BCUT2D eigenvalue weighted by atomic mass is 32.1. The van der Waals surface area contributed by atoms with E-state index in [1.165, 1.54) is 27.1 Å². The molecule has 0 amide bonds. The van der Waals surface area contributed by atoms with E-state index in [0.717, 1.165) is 19.4 Å². The fourth-order valence-corrected chi connectivity index (χ4v) is 3.70. The molecule has 1 heterocycles. The van der Waals surface area contributed by atoms with Crippen molar-refractivity contribution in [1.82, 2.24) is 5.32 Å². The van der Waals surface area contributed by atoms with Crippen LogP contribution in [0, 0.1) is 6.92 Å². The van der Waals surface area contributed by atoms with Crippen molar-refractivity contribution in [3.8, 4) is 0 Å². The predicted octanol–water partition coefficient (Wildman–Crippen LogP) is 4.88. The number of benzene rings is 1. The minimum absolute atomic E-state index is 0.335. The van der Waals surface area contributed by atoms with E-state index >= 15 is 0 Å². The molecule has 0 aliphatic heterocycles. The van der Waals surface area contributed by atoms with Crippen molar-refractivity contribution < 1.29 is 0 Å². The van der Waals surface area contributed by atoms with Gasteiger partial charge in [0.1, 0.15) is 0 Å². The Morgan fingerprint density at radius 1 is 1.10 bits per heavy atom. The van der Waals surface area contributed by atoms with Gasteiger partial charge in [-0.15, -0.1) is 11.3 Å². The van der Waals surface area contributed by atoms with Gasteiger partial charge in [-0.05, 0) is 60.0 Å². The number of hydrogen-bond donors (Lipinski definition) is 1. The van der Waals surface area contributed by atoms with Gasteiger partial charge in [-0.2, -0.15) is 0 Å². The minimum atomic E-state index is 0.335. The lowest BCUT2D eigenvalue weighted by molar-refractivity contribution is 0.631. The average Bonchev–Trinajstić information content (AvgIpc) is 2.90. The molecule has 0 spiro atoms. The van der Waals surface area contributed by atoms with Gasteiger partial charge < -0.3 is 5.32 Å². The molecular weight excluding hydrogens is 262 g/mol. The fourth-order valence-electron chi connectivity index (χ4n) is 2.68. The molecule has 2 rings (SSSR count). The molecule has 1 nitrogen and oxygen atoms in total. The number of nitrogens with one attached hydrogen (secondary N) is 1. The largest absolute Gasteiger partial charge is 0.306 e. The maximum atomic E-state index is 3.68. The summed E-state index contributed by atoms with van der Waals surface area (Å²) in [6.07, 6.45) is 2.19. The Balaban J connectivity index is 2.50. The van der Waals surface area contributed by atoms with Crippen molar-refractivity contribution in [2.45, 2.75) is 46.6 Å². The normalized spacial score (nSPS) is 12.6. The highest BCUT2D eigenvalue weighted by Gasteiger charge is 2.19. The van der Waals surface area contributed by atoms with E-state index in [9.17, 15) is 0 Å². The zero-order valence-electron chi connectivity index (χ0n) is 13.0. The molecule has 0 saturated carbocycles. The van der Waals surface area contributed by atoms with Gasteiger partial charge in [0.05, 0.1) is 6.04 Å². The first-order valence-corrected chi connectivity index (χ1v) is 8.48. The summed E-state index contributed by atoms with van der Waals surface area (Å²) in [5.74, 6) is 0. The monoisotopic (exact) mass is 287 g/mol. The van der Waals surface area contributed by atoms with Crippen LogP contribution < -0.4 is 5.32 Å². The second-order valence-corrected chi connectivity index (χ2v) is 6.15. The Hall–Kier alpha value is -1.12. The highest BCUT2D eigenvalue weighted by molar-refractivity contribution is 7.10. The van der Waals surface area contributed by atoms with Crippen molar-refractivity contribution in [1.29, 1.82) is 0 Å². The van der Waals surface area contributed by atoms with Crippen LogP contribution in [-0.2, 0) is 12.8 Å². The van der Waals surface area contributed by atoms with Crippen LogP contribution in [0.4, 0.5) is 0 Å². The third kappa shape index (κ3) is 3.13. The zero-order valence-corrected chi connectivity index (χ0v) is 13.8. The predicted molar refractivity (Wildman–Crippen MR) is 89.8 cm³/mol. The van der Waals surface area contributed by atoms with E-state index in [4.69, 9.17) is 0 Å². The summed E-state index contributed by atoms with van der Waals surface area (Å²) in [5.41, 5.74) is 5.74. The number of rotatable bonds is 6. The van der Waals surface area contributed by atoms with Gasteiger partial charge in [-0.25, -0.2) is 0 Å². The molecule has 0 bridgehead atoms. The van der Waals surface area contributed by atoms with Crippen LogP contribution in [0.2, 0.25) is 0 Å². The third-order valence-corrected chi connectivity index (χ3v) is 4.97. The maximum absolute atomic E-state index is 3.68. The van der Waals surface area contributed by atoms with Crippen molar-refractivity contribution in [3.05, 3.63) is 56.8 Å². The van der Waals surface area contributed by atoms with Crippen LogP contribution in [0.25, 0.3) is 0 Å². The lowest BCUT2D eigenvalue weighted by atomic mass is 9.93. The van der Waals surface area contributed by atoms with Gasteiger partial charge in [0.2, 0.25) is 0 Å². The van der Waals surface area contributed by atoms with E-state index in [-0.39, 0.29) is 0 Å². The first kappa shape index (κ1) is 15.3. The maximum Gasteiger partial charge on any atom is 0.0676 e. The fraction of sp³-hybridized carbons (Fsp3) is 0.444. The van der Waals surface area contributed by atoms with Crippen molar-refractivity contribution >= 4 is 11.3 Å². The molecule has 0 aliphatic carbocycles. The highest BCUT2D eigenvalue weighted by Crippen LogP contribution is 2.32. The van der Waals surface area contributed by atoms with Gasteiger partial charge >= 0.3 is 0 Å². The SMILES string of the molecule is CCNC(c1cc(CC)ccc1CC)c1sccc1C. The summed E-state index contributed by atoms with van der Waals surface area (Å²) in [5, 5.41) is 5.88. The smallest absolute Gasteiger partial charge is 0.0676 e. The van der Waals surface area contributed by atoms with E-state index < -0.39 is 0 Å². The summed E-state index contributed by atoms with van der Waals surface area (Å²) >= 11 is 1.86. The van der Waals surface area contributed by atoms with E-state index in [2.05, 4.69) is 62.7 Å². The second kappa shape index (κ2) is 7.05. The standard InChI is InChI=1S/C18H25NS/c1-5-14-8-9-15(6-2)16(12-14)17(19-7-3)18-13(4)10-11-20-18/h8-12,17,19H,5-7H2,1-4H3. The van der Waals surface area contributed by atoms with Crippen LogP contribution in [0.3, 0.4) is 0 Å². The summed E-state index contributed by atoms with van der Waals surface area (Å²) < 4.78 is 0. The molecule has 20 heavy (non-hydrogen) atoms. The Labute approximate surface area is 127 Å². The molecule has 108 valence electrons. The molecule has 1 aromatic carbocycles. The van der Waals surface area contributed by atoms with Gasteiger partial charge in [-0.1, -0.05) is 39.0 Å². The van der Waals surface area contributed by atoms with Gasteiger partial charge in [-0.3, -0.25) is 0 Å². The number of aryl methyl sites for hydroxylation is 3. The lowest BCUT2D eigenvalue weighted by Gasteiger charge is -2.22. The van der Waals surface area contributed by atoms with Crippen LogP contribution in [0.15, 0.2) is 29.6 Å². The Kier molecular flexibility index (Phi) is 5.38. The summed E-state index contributed by atoms with van der Waals surface area (Å²) in [6.45, 7) is 9.86. The van der Waals surface area contributed by atoms with Crippen LogP contribution >= 0.6 is 11.3 Å². The van der Waals surface area contributed by atoms with Crippen LogP contribution in [0.5, 0.6) is 0 Å². The summed E-state index contributed by atoms with van der Waals surface area (Å²) in [4.78, 5) is 1.45. The van der Waals surface area contributed by atoms with Gasteiger partial charge in [0.15, 0.2) is 0 Å². The van der Waals surface area contributed by atoms with Crippen LogP contribution in [-0.4, -0.2) is 6.54 Å². The molecule has 0 fully saturated rings.